The minimum absolute atomic E-state index is 0.0544. The number of methoxy groups -OCH3 is 1. The Labute approximate surface area is 126 Å². The van der Waals surface area contributed by atoms with Gasteiger partial charge in [0.1, 0.15) is 0 Å². The Hall–Kier alpha value is -2.15. The molecule has 1 unspecified atom stereocenters. The van der Waals surface area contributed by atoms with Crippen LogP contribution in [-0.2, 0) is 4.74 Å². The minimum atomic E-state index is -1.09. The van der Waals surface area contributed by atoms with Crippen molar-refractivity contribution in [3.63, 3.8) is 0 Å². The third kappa shape index (κ3) is 3.30. The van der Waals surface area contributed by atoms with Crippen LogP contribution in [0, 0.1) is 0 Å². The van der Waals surface area contributed by atoms with Crippen LogP contribution < -0.4 is 16.0 Å². The number of carbonyl (C=O) groups excluding carboxylic acids is 1. The number of aromatic carboxylic acids is 1. The summed E-state index contributed by atoms with van der Waals surface area (Å²) >= 11 is 6.14. The number of carboxylic acid groups (broad SMARTS) is 1. The molecule has 1 aliphatic rings. The fourth-order valence-corrected chi connectivity index (χ4v) is 2.76. The number of carboxylic acids is 1. The van der Waals surface area contributed by atoms with E-state index in [1.54, 1.807) is 0 Å². The molecular weight excluding hydrogens is 298 g/mol. The van der Waals surface area contributed by atoms with E-state index in [1.165, 1.54) is 19.2 Å². The van der Waals surface area contributed by atoms with E-state index in [9.17, 15) is 14.7 Å². The molecular formula is C13H16ClN3O4. The molecule has 7 nitrogen and oxygen atoms in total. The van der Waals surface area contributed by atoms with E-state index in [0.29, 0.717) is 30.9 Å². The molecule has 1 aliphatic heterocycles. The van der Waals surface area contributed by atoms with Gasteiger partial charge in [-0.3, -0.25) is 0 Å². The standard InChI is InChI=1S/C13H16ClN3O4/c1-21-13(20)16-8-2-3-17(6-8)11-9(12(18)19)4-7(15)5-10(11)14/h4-5,8H,2-3,6,15H2,1H3,(H,16,20)(H,18,19). The molecule has 2 rings (SSSR count). The number of nitrogens with zero attached hydrogens (tertiary/aromatic N) is 1. The first-order valence-electron chi connectivity index (χ1n) is 6.34. The second-order valence-corrected chi connectivity index (χ2v) is 5.18. The molecule has 0 aromatic heterocycles. The van der Waals surface area contributed by atoms with Crippen LogP contribution in [0.4, 0.5) is 16.2 Å². The zero-order valence-electron chi connectivity index (χ0n) is 11.4. The summed E-state index contributed by atoms with van der Waals surface area (Å²) in [5, 5.41) is 12.3. The number of benzene rings is 1. The molecule has 1 aromatic rings. The van der Waals surface area contributed by atoms with Gasteiger partial charge >= 0.3 is 12.1 Å². The number of nitrogens with two attached hydrogens (primary N) is 1. The lowest BCUT2D eigenvalue weighted by Gasteiger charge is -2.22. The second kappa shape index (κ2) is 6.09. The van der Waals surface area contributed by atoms with E-state index in [2.05, 4.69) is 10.1 Å². The van der Waals surface area contributed by atoms with Crippen molar-refractivity contribution in [2.75, 3.05) is 30.8 Å². The van der Waals surface area contributed by atoms with E-state index in [0.717, 1.165) is 0 Å². The molecule has 1 aromatic carbocycles. The maximum absolute atomic E-state index is 11.4. The number of ether oxygens (including phenoxy) is 1. The minimum Gasteiger partial charge on any atom is -0.478 e. The summed E-state index contributed by atoms with van der Waals surface area (Å²) in [6.07, 6.45) is 0.165. The quantitative estimate of drug-likeness (QED) is 0.731. The van der Waals surface area contributed by atoms with Crippen LogP contribution in [0.3, 0.4) is 0 Å². The average Bonchev–Trinajstić information content (AvgIpc) is 2.85. The van der Waals surface area contributed by atoms with Gasteiger partial charge in [0.25, 0.3) is 0 Å². The Kier molecular flexibility index (Phi) is 4.42. The lowest BCUT2D eigenvalue weighted by atomic mass is 10.1. The number of halogens is 1. The highest BCUT2D eigenvalue weighted by molar-refractivity contribution is 6.34. The number of rotatable bonds is 3. The summed E-state index contributed by atoms with van der Waals surface area (Å²) in [5.41, 5.74) is 6.41. The fraction of sp³-hybridized carbons (Fsp3) is 0.385. The van der Waals surface area contributed by atoms with Crippen molar-refractivity contribution in [2.45, 2.75) is 12.5 Å². The van der Waals surface area contributed by atoms with Crippen LogP contribution in [0.15, 0.2) is 12.1 Å². The van der Waals surface area contributed by atoms with Gasteiger partial charge in [0.15, 0.2) is 0 Å². The molecule has 1 amide bonds. The van der Waals surface area contributed by atoms with E-state index < -0.39 is 12.1 Å². The van der Waals surface area contributed by atoms with Crippen molar-refractivity contribution in [1.82, 2.24) is 5.32 Å². The first-order chi connectivity index (χ1) is 9.92. The van der Waals surface area contributed by atoms with Crippen LogP contribution in [0.2, 0.25) is 5.02 Å². The molecule has 21 heavy (non-hydrogen) atoms. The van der Waals surface area contributed by atoms with Crippen molar-refractivity contribution in [1.29, 1.82) is 0 Å². The maximum atomic E-state index is 11.4. The van der Waals surface area contributed by atoms with Gasteiger partial charge in [-0.15, -0.1) is 0 Å². The topological polar surface area (TPSA) is 105 Å². The lowest BCUT2D eigenvalue weighted by Crippen LogP contribution is -2.37. The van der Waals surface area contributed by atoms with Crippen LogP contribution in [0.1, 0.15) is 16.8 Å². The zero-order valence-corrected chi connectivity index (χ0v) is 12.2. The van der Waals surface area contributed by atoms with Gasteiger partial charge in [-0.1, -0.05) is 11.6 Å². The summed E-state index contributed by atoms with van der Waals surface area (Å²) in [6, 6.07) is 2.78. The molecule has 1 fully saturated rings. The SMILES string of the molecule is COC(=O)NC1CCN(c2c(Cl)cc(N)cc2C(=O)O)C1. The largest absolute Gasteiger partial charge is 0.478 e. The van der Waals surface area contributed by atoms with Gasteiger partial charge in [0.05, 0.1) is 29.4 Å². The Bertz CT molecular complexity index is 579. The highest BCUT2D eigenvalue weighted by Gasteiger charge is 2.28. The average molecular weight is 314 g/mol. The van der Waals surface area contributed by atoms with Crippen molar-refractivity contribution in [2.24, 2.45) is 0 Å². The number of amides is 1. The molecule has 8 heteroatoms. The molecule has 0 bridgehead atoms. The van der Waals surface area contributed by atoms with Gasteiger partial charge in [0, 0.05) is 18.8 Å². The smallest absolute Gasteiger partial charge is 0.407 e. The zero-order chi connectivity index (χ0) is 15.6. The van der Waals surface area contributed by atoms with Crippen molar-refractivity contribution in [3.05, 3.63) is 22.7 Å². The monoisotopic (exact) mass is 313 g/mol. The number of carbonyl (C=O) groups is 2. The second-order valence-electron chi connectivity index (χ2n) is 4.77. The highest BCUT2D eigenvalue weighted by atomic mass is 35.5. The van der Waals surface area contributed by atoms with Crippen LogP contribution in [0.5, 0.6) is 0 Å². The third-order valence-electron chi connectivity index (χ3n) is 3.33. The lowest BCUT2D eigenvalue weighted by molar-refractivity contribution is 0.0697. The first-order valence-corrected chi connectivity index (χ1v) is 6.72. The molecule has 0 radical (unpaired) electrons. The van der Waals surface area contributed by atoms with Crippen molar-refractivity contribution >= 4 is 35.0 Å². The molecule has 1 heterocycles. The predicted molar refractivity (Wildman–Crippen MR) is 79.0 cm³/mol. The van der Waals surface area contributed by atoms with Crippen molar-refractivity contribution in [3.8, 4) is 0 Å². The van der Waals surface area contributed by atoms with Gasteiger partial charge in [-0.25, -0.2) is 9.59 Å². The van der Waals surface area contributed by atoms with E-state index in [4.69, 9.17) is 17.3 Å². The molecule has 1 atom stereocenters. The number of nitrogen functional groups attached to an aromatic ring is 1. The number of hydrogen-bond donors (Lipinski definition) is 3. The molecule has 0 spiro atoms. The van der Waals surface area contributed by atoms with Crippen LogP contribution in [0.25, 0.3) is 0 Å². The molecule has 114 valence electrons. The predicted octanol–water partition coefficient (Wildman–Crippen LogP) is 1.56. The Balaban J connectivity index is 2.23. The Morgan fingerprint density at radius 3 is 2.86 bits per heavy atom. The van der Waals surface area contributed by atoms with E-state index in [1.807, 2.05) is 4.90 Å². The van der Waals surface area contributed by atoms with Gasteiger partial charge in [-0.2, -0.15) is 0 Å². The molecule has 0 aliphatic carbocycles. The van der Waals surface area contributed by atoms with Gasteiger partial charge < -0.3 is 25.8 Å². The summed E-state index contributed by atoms with van der Waals surface area (Å²) in [7, 11) is 1.29. The molecule has 4 N–H and O–H groups in total. The first kappa shape index (κ1) is 15.2. The Morgan fingerprint density at radius 1 is 1.52 bits per heavy atom. The summed E-state index contributed by atoms with van der Waals surface area (Å²) in [6.45, 7) is 1.04. The molecule has 1 saturated heterocycles. The number of nitrogens with one attached hydrogen (secondary N) is 1. The number of alkyl carbamates (subject to hydrolysis) is 1. The number of hydrogen-bond acceptors (Lipinski definition) is 5. The normalized spacial score (nSPS) is 17.6. The van der Waals surface area contributed by atoms with Crippen LogP contribution >= 0.6 is 11.6 Å². The number of anilines is 2. The summed E-state index contributed by atoms with van der Waals surface area (Å²) in [4.78, 5) is 24.4. The summed E-state index contributed by atoms with van der Waals surface area (Å²) < 4.78 is 4.55. The van der Waals surface area contributed by atoms with Gasteiger partial charge in [0.2, 0.25) is 0 Å². The van der Waals surface area contributed by atoms with Gasteiger partial charge in [-0.05, 0) is 18.6 Å². The Morgan fingerprint density at radius 2 is 2.24 bits per heavy atom. The third-order valence-corrected chi connectivity index (χ3v) is 3.62. The maximum Gasteiger partial charge on any atom is 0.407 e. The van der Waals surface area contributed by atoms with E-state index >= 15 is 0 Å². The highest BCUT2D eigenvalue weighted by Crippen LogP contribution is 2.34. The van der Waals surface area contributed by atoms with Crippen molar-refractivity contribution < 1.29 is 19.4 Å². The molecule has 0 saturated carbocycles. The fourth-order valence-electron chi connectivity index (χ4n) is 2.41. The summed E-state index contributed by atoms with van der Waals surface area (Å²) in [5.74, 6) is -1.09. The van der Waals surface area contributed by atoms with E-state index in [-0.39, 0.29) is 16.6 Å². The van der Waals surface area contributed by atoms with Crippen LogP contribution in [-0.4, -0.2) is 43.4 Å².